The summed E-state index contributed by atoms with van der Waals surface area (Å²) in [7, 11) is 0. The monoisotopic (exact) mass is 341 g/mol. The van der Waals surface area contributed by atoms with Crippen molar-refractivity contribution in [2.75, 3.05) is 0 Å². The Hall–Kier alpha value is -2.27. The van der Waals surface area contributed by atoms with Crippen molar-refractivity contribution < 1.29 is 4.79 Å². The number of carbonyl (C=O) groups is 1. The maximum absolute atomic E-state index is 12.2. The molecular formula is C16H12BrN3O. The van der Waals surface area contributed by atoms with Crippen LogP contribution in [0.1, 0.15) is 15.9 Å². The lowest BCUT2D eigenvalue weighted by atomic mass is 10.1. The summed E-state index contributed by atoms with van der Waals surface area (Å²) in [6, 6.07) is 13.1. The van der Waals surface area contributed by atoms with Crippen molar-refractivity contribution in [1.29, 1.82) is 0 Å². The highest BCUT2D eigenvalue weighted by molar-refractivity contribution is 9.10. The summed E-state index contributed by atoms with van der Waals surface area (Å²) >= 11 is 3.38. The summed E-state index contributed by atoms with van der Waals surface area (Å²) < 4.78 is 1.02. The zero-order chi connectivity index (χ0) is 14.7. The summed E-state index contributed by atoms with van der Waals surface area (Å²) in [6.45, 7) is 0.491. The van der Waals surface area contributed by atoms with Gasteiger partial charge in [-0.2, -0.15) is 0 Å². The Balaban J connectivity index is 1.73. The minimum atomic E-state index is -0.120. The van der Waals surface area contributed by atoms with Crippen LogP contribution >= 0.6 is 15.9 Å². The first kappa shape index (κ1) is 13.7. The fourth-order valence-corrected chi connectivity index (χ4v) is 2.26. The summed E-state index contributed by atoms with van der Waals surface area (Å²) in [5.41, 5.74) is 3.13. The lowest BCUT2D eigenvalue weighted by molar-refractivity contribution is 0.0951. The van der Waals surface area contributed by atoms with E-state index in [4.69, 9.17) is 0 Å². The summed E-state index contributed by atoms with van der Waals surface area (Å²) in [4.78, 5) is 20.5. The van der Waals surface area contributed by atoms with E-state index < -0.39 is 0 Å². The second kappa shape index (κ2) is 6.01. The van der Waals surface area contributed by atoms with Crippen molar-refractivity contribution >= 4 is 32.9 Å². The number of amides is 1. The summed E-state index contributed by atoms with van der Waals surface area (Å²) in [6.07, 6.45) is 3.25. The van der Waals surface area contributed by atoms with Gasteiger partial charge in [0, 0.05) is 29.0 Å². The number of aromatic nitrogens is 2. The van der Waals surface area contributed by atoms with Gasteiger partial charge in [0.25, 0.3) is 5.91 Å². The van der Waals surface area contributed by atoms with Gasteiger partial charge in [-0.25, -0.2) is 0 Å². The van der Waals surface area contributed by atoms with Gasteiger partial charge >= 0.3 is 0 Å². The van der Waals surface area contributed by atoms with Crippen molar-refractivity contribution in [3.8, 4) is 0 Å². The standard InChI is InChI=1S/C16H12BrN3O/c17-13-4-1-11(2-5-13)10-20-16(21)12-3-6-14-15(9-12)19-8-7-18-14/h1-9H,10H2,(H,20,21). The fraction of sp³-hybridized carbons (Fsp3) is 0.0625. The molecule has 3 aromatic rings. The average molecular weight is 342 g/mol. The van der Waals surface area contributed by atoms with Crippen molar-refractivity contribution in [2.45, 2.75) is 6.54 Å². The number of fused-ring (bicyclic) bond motifs is 1. The molecular weight excluding hydrogens is 330 g/mol. The first-order valence-corrected chi connectivity index (χ1v) is 7.25. The molecule has 0 unspecified atom stereocenters. The number of halogens is 1. The summed E-state index contributed by atoms with van der Waals surface area (Å²) in [5, 5.41) is 2.90. The van der Waals surface area contributed by atoms with E-state index in [1.807, 2.05) is 24.3 Å². The molecule has 0 fully saturated rings. The molecule has 0 radical (unpaired) electrons. The van der Waals surface area contributed by atoms with Gasteiger partial charge in [0.05, 0.1) is 11.0 Å². The van der Waals surface area contributed by atoms with Gasteiger partial charge in [-0.1, -0.05) is 28.1 Å². The smallest absolute Gasteiger partial charge is 0.251 e. The number of nitrogens with one attached hydrogen (secondary N) is 1. The largest absolute Gasteiger partial charge is 0.348 e. The molecule has 5 heteroatoms. The Morgan fingerprint density at radius 1 is 1.00 bits per heavy atom. The van der Waals surface area contributed by atoms with E-state index in [0.717, 1.165) is 15.6 Å². The van der Waals surface area contributed by atoms with E-state index in [0.29, 0.717) is 17.6 Å². The van der Waals surface area contributed by atoms with Crippen LogP contribution < -0.4 is 5.32 Å². The summed E-state index contributed by atoms with van der Waals surface area (Å²) in [5.74, 6) is -0.120. The second-order valence-corrected chi connectivity index (χ2v) is 5.48. The van der Waals surface area contributed by atoms with Crippen LogP contribution in [0.2, 0.25) is 0 Å². The molecule has 1 N–H and O–H groups in total. The van der Waals surface area contributed by atoms with Gasteiger partial charge in [-0.15, -0.1) is 0 Å². The van der Waals surface area contributed by atoms with Crippen LogP contribution in [0.4, 0.5) is 0 Å². The molecule has 2 aromatic carbocycles. The quantitative estimate of drug-likeness (QED) is 0.794. The third kappa shape index (κ3) is 3.25. The van der Waals surface area contributed by atoms with E-state index in [9.17, 15) is 4.79 Å². The van der Waals surface area contributed by atoms with Gasteiger partial charge in [-0.05, 0) is 35.9 Å². The maximum Gasteiger partial charge on any atom is 0.251 e. The lowest BCUT2D eigenvalue weighted by Crippen LogP contribution is -2.22. The number of rotatable bonds is 3. The predicted octanol–water partition coefficient (Wildman–Crippen LogP) is 3.32. The molecule has 4 nitrogen and oxygen atoms in total. The SMILES string of the molecule is O=C(NCc1ccc(Br)cc1)c1ccc2nccnc2c1. The van der Waals surface area contributed by atoms with Crippen molar-refractivity contribution in [1.82, 2.24) is 15.3 Å². The van der Waals surface area contributed by atoms with Crippen LogP contribution in [0.3, 0.4) is 0 Å². The Morgan fingerprint density at radius 2 is 1.71 bits per heavy atom. The Labute approximate surface area is 130 Å². The number of hydrogen-bond donors (Lipinski definition) is 1. The third-order valence-electron chi connectivity index (χ3n) is 3.10. The van der Waals surface area contributed by atoms with E-state index in [2.05, 4.69) is 31.2 Å². The second-order valence-electron chi connectivity index (χ2n) is 4.57. The van der Waals surface area contributed by atoms with Gasteiger partial charge in [-0.3, -0.25) is 14.8 Å². The molecule has 104 valence electrons. The maximum atomic E-state index is 12.2. The highest BCUT2D eigenvalue weighted by Gasteiger charge is 2.07. The lowest BCUT2D eigenvalue weighted by Gasteiger charge is -2.06. The molecule has 0 aliphatic heterocycles. The molecule has 0 saturated carbocycles. The van der Waals surface area contributed by atoms with E-state index in [1.165, 1.54) is 0 Å². The van der Waals surface area contributed by atoms with Crippen molar-refractivity contribution in [3.63, 3.8) is 0 Å². The number of benzene rings is 2. The minimum absolute atomic E-state index is 0.120. The molecule has 0 aliphatic rings. The fourth-order valence-electron chi connectivity index (χ4n) is 1.99. The number of nitrogens with zero attached hydrogens (tertiary/aromatic N) is 2. The van der Waals surface area contributed by atoms with Gasteiger partial charge in [0.1, 0.15) is 0 Å². The van der Waals surface area contributed by atoms with Gasteiger partial charge < -0.3 is 5.32 Å². The Morgan fingerprint density at radius 3 is 2.48 bits per heavy atom. The van der Waals surface area contributed by atoms with Crippen LogP contribution in [0.5, 0.6) is 0 Å². The zero-order valence-corrected chi connectivity index (χ0v) is 12.7. The molecule has 0 bridgehead atoms. The highest BCUT2D eigenvalue weighted by atomic mass is 79.9. The van der Waals surface area contributed by atoms with Crippen molar-refractivity contribution in [3.05, 3.63) is 70.5 Å². The molecule has 0 aliphatic carbocycles. The Kier molecular flexibility index (Phi) is 3.92. The van der Waals surface area contributed by atoms with Crippen LogP contribution in [0, 0.1) is 0 Å². The van der Waals surface area contributed by atoms with Crippen LogP contribution in [0.15, 0.2) is 59.3 Å². The van der Waals surface area contributed by atoms with Crippen LogP contribution in [0.25, 0.3) is 11.0 Å². The molecule has 21 heavy (non-hydrogen) atoms. The first-order chi connectivity index (χ1) is 10.2. The number of carbonyl (C=O) groups excluding carboxylic acids is 1. The average Bonchev–Trinajstić information content (AvgIpc) is 2.53. The van der Waals surface area contributed by atoms with E-state index >= 15 is 0 Å². The topological polar surface area (TPSA) is 54.9 Å². The normalized spacial score (nSPS) is 10.5. The first-order valence-electron chi connectivity index (χ1n) is 6.46. The Bertz CT molecular complexity index is 787. The van der Waals surface area contributed by atoms with E-state index in [1.54, 1.807) is 30.6 Å². The van der Waals surface area contributed by atoms with Gasteiger partial charge in [0.2, 0.25) is 0 Å². The van der Waals surface area contributed by atoms with E-state index in [-0.39, 0.29) is 5.91 Å². The molecule has 0 atom stereocenters. The highest BCUT2D eigenvalue weighted by Crippen LogP contribution is 2.12. The zero-order valence-electron chi connectivity index (χ0n) is 11.1. The number of hydrogen-bond acceptors (Lipinski definition) is 3. The van der Waals surface area contributed by atoms with Gasteiger partial charge in [0.15, 0.2) is 0 Å². The molecule has 1 heterocycles. The van der Waals surface area contributed by atoms with Crippen molar-refractivity contribution in [2.24, 2.45) is 0 Å². The van der Waals surface area contributed by atoms with Crippen LogP contribution in [-0.2, 0) is 6.54 Å². The molecule has 0 spiro atoms. The third-order valence-corrected chi connectivity index (χ3v) is 3.63. The molecule has 0 saturated heterocycles. The minimum Gasteiger partial charge on any atom is -0.348 e. The van der Waals surface area contributed by atoms with Crippen LogP contribution in [-0.4, -0.2) is 15.9 Å². The molecule has 1 amide bonds. The molecule has 1 aromatic heterocycles. The predicted molar refractivity (Wildman–Crippen MR) is 84.9 cm³/mol. The molecule has 3 rings (SSSR count).